The van der Waals surface area contributed by atoms with E-state index < -0.39 is 14.9 Å². The van der Waals surface area contributed by atoms with Crippen LogP contribution in [0.15, 0.2) is 34.5 Å². The lowest BCUT2D eigenvalue weighted by molar-refractivity contribution is -0.385. The molecule has 2 aromatic rings. The average Bonchev–Trinajstić information content (AvgIpc) is 3.13. The molecule has 9 nitrogen and oxygen atoms in total. The Hall–Kier alpha value is -2.21. The molecule has 1 amide bonds. The van der Waals surface area contributed by atoms with Crippen LogP contribution in [0.5, 0.6) is 5.75 Å². The topological polar surface area (TPSA) is 110 Å². The molecule has 1 fully saturated rings. The smallest absolute Gasteiger partial charge is 0.310 e. The molecule has 3 rings (SSSR count). The predicted molar refractivity (Wildman–Crippen MR) is 108 cm³/mol. The highest BCUT2D eigenvalue weighted by Gasteiger charge is 2.31. The fourth-order valence-corrected chi connectivity index (χ4v) is 5.92. The summed E-state index contributed by atoms with van der Waals surface area (Å²) in [5, 5.41) is 11.1. The average molecular weight is 460 g/mol. The molecule has 156 valence electrons. The molecule has 1 aliphatic rings. The number of hydrogen-bond donors (Lipinski definition) is 0. The van der Waals surface area contributed by atoms with Crippen molar-refractivity contribution in [3.63, 3.8) is 0 Å². The second-order valence-electron chi connectivity index (χ2n) is 6.36. The summed E-state index contributed by atoms with van der Waals surface area (Å²) < 4.78 is 32.5. The normalized spacial score (nSPS) is 15.3. The van der Waals surface area contributed by atoms with E-state index in [0.717, 1.165) is 16.9 Å². The summed E-state index contributed by atoms with van der Waals surface area (Å²) >= 11 is 6.81. The lowest BCUT2D eigenvalue weighted by atomic mass is 10.2. The molecule has 0 spiro atoms. The highest BCUT2D eigenvalue weighted by molar-refractivity contribution is 7.91. The van der Waals surface area contributed by atoms with Gasteiger partial charge < -0.3 is 9.64 Å². The van der Waals surface area contributed by atoms with Gasteiger partial charge in [-0.15, -0.1) is 11.3 Å². The Bertz CT molecular complexity index is 1030. The standard InChI is InChI=1S/C17H18ClN3O6S2/c1-12-2-3-13(21(23)24)14(10-12)27-11-16(22)19-6-8-20(9-7-19)29(25,26)17-5-4-15(18)28-17/h2-5,10H,6-9,11H2,1H3. The Balaban J connectivity index is 1.58. The van der Waals surface area contributed by atoms with E-state index >= 15 is 0 Å². The molecule has 1 aromatic carbocycles. The Morgan fingerprint density at radius 1 is 1.24 bits per heavy atom. The van der Waals surface area contributed by atoms with E-state index in [-0.39, 0.29) is 54.3 Å². The molecule has 1 saturated heterocycles. The van der Waals surface area contributed by atoms with E-state index in [0.29, 0.717) is 4.34 Å². The van der Waals surface area contributed by atoms with Crippen molar-refractivity contribution in [2.45, 2.75) is 11.1 Å². The van der Waals surface area contributed by atoms with Crippen LogP contribution in [0.2, 0.25) is 4.34 Å². The van der Waals surface area contributed by atoms with Gasteiger partial charge >= 0.3 is 5.69 Å². The first-order valence-electron chi connectivity index (χ1n) is 8.59. The number of nitrogens with zero attached hydrogens (tertiary/aromatic N) is 3. The first kappa shape index (κ1) is 21.5. The summed E-state index contributed by atoms with van der Waals surface area (Å²) in [6.07, 6.45) is 0. The summed E-state index contributed by atoms with van der Waals surface area (Å²) in [6, 6.07) is 7.41. The highest BCUT2D eigenvalue weighted by atomic mass is 35.5. The van der Waals surface area contributed by atoms with Crippen LogP contribution in [0.4, 0.5) is 5.69 Å². The predicted octanol–water partition coefficient (Wildman–Crippen LogP) is 2.53. The van der Waals surface area contributed by atoms with Crippen molar-refractivity contribution in [2.24, 2.45) is 0 Å². The minimum Gasteiger partial charge on any atom is -0.477 e. The van der Waals surface area contributed by atoms with Gasteiger partial charge in [-0.2, -0.15) is 4.31 Å². The Kier molecular flexibility index (Phi) is 6.42. The number of hydrogen-bond acceptors (Lipinski definition) is 7. The first-order valence-corrected chi connectivity index (χ1v) is 11.2. The molecule has 12 heteroatoms. The van der Waals surface area contributed by atoms with Crippen molar-refractivity contribution >= 4 is 44.6 Å². The number of nitro groups is 1. The van der Waals surface area contributed by atoms with Gasteiger partial charge in [-0.1, -0.05) is 17.7 Å². The van der Waals surface area contributed by atoms with Gasteiger partial charge in [0.25, 0.3) is 15.9 Å². The van der Waals surface area contributed by atoms with Gasteiger partial charge in [0.05, 0.1) is 9.26 Å². The van der Waals surface area contributed by atoms with Crippen molar-refractivity contribution < 1.29 is 22.9 Å². The van der Waals surface area contributed by atoms with E-state index in [9.17, 15) is 23.3 Å². The maximum Gasteiger partial charge on any atom is 0.310 e. The molecular formula is C17H18ClN3O6S2. The van der Waals surface area contributed by atoms with Gasteiger partial charge in [-0.05, 0) is 30.7 Å². The summed E-state index contributed by atoms with van der Waals surface area (Å²) in [7, 11) is -3.64. The maximum atomic E-state index is 12.6. The number of thiophene rings is 1. The largest absolute Gasteiger partial charge is 0.477 e. The third kappa shape index (κ3) is 4.86. The van der Waals surface area contributed by atoms with Crippen LogP contribution < -0.4 is 4.74 Å². The number of amides is 1. The molecular weight excluding hydrogens is 442 g/mol. The molecule has 0 aliphatic carbocycles. The van der Waals surface area contributed by atoms with E-state index in [1.807, 2.05) is 0 Å². The minimum atomic E-state index is -3.64. The maximum absolute atomic E-state index is 12.6. The summed E-state index contributed by atoms with van der Waals surface area (Å²) in [5.74, 6) is -0.337. The molecule has 1 aromatic heterocycles. The second-order valence-corrected chi connectivity index (χ2v) is 10.2. The summed E-state index contributed by atoms with van der Waals surface area (Å²) in [5.41, 5.74) is 0.555. The van der Waals surface area contributed by atoms with Gasteiger partial charge in [-0.3, -0.25) is 14.9 Å². The number of piperazine rings is 1. The van der Waals surface area contributed by atoms with Crippen molar-refractivity contribution in [1.82, 2.24) is 9.21 Å². The zero-order valence-corrected chi connectivity index (χ0v) is 17.8. The monoisotopic (exact) mass is 459 g/mol. The van der Waals surface area contributed by atoms with Gasteiger partial charge in [0.1, 0.15) is 4.21 Å². The molecule has 0 saturated carbocycles. The van der Waals surface area contributed by atoms with Crippen molar-refractivity contribution in [3.8, 4) is 5.75 Å². The number of halogens is 1. The van der Waals surface area contributed by atoms with Gasteiger partial charge in [0, 0.05) is 32.2 Å². The molecule has 0 N–H and O–H groups in total. The van der Waals surface area contributed by atoms with Crippen molar-refractivity contribution in [2.75, 3.05) is 32.8 Å². The fraction of sp³-hybridized carbons (Fsp3) is 0.353. The third-order valence-electron chi connectivity index (χ3n) is 4.40. The minimum absolute atomic E-state index is 0.0270. The van der Waals surface area contributed by atoms with Crippen LogP contribution in [-0.2, 0) is 14.8 Å². The van der Waals surface area contributed by atoms with Crippen molar-refractivity contribution in [3.05, 3.63) is 50.3 Å². The number of benzene rings is 1. The summed E-state index contributed by atoms with van der Waals surface area (Å²) in [4.78, 5) is 24.4. The van der Waals surface area contributed by atoms with Crippen LogP contribution in [0.3, 0.4) is 0 Å². The van der Waals surface area contributed by atoms with Crippen LogP contribution in [-0.4, -0.2) is 61.2 Å². The van der Waals surface area contributed by atoms with Crippen LogP contribution >= 0.6 is 22.9 Å². The quantitative estimate of drug-likeness (QED) is 0.485. The second kappa shape index (κ2) is 8.66. The molecule has 2 heterocycles. The molecule has 1 aliphatic heterocycles. The number of rotatable bonds is 6. The molecule has 0 unspecified atom stereocenters. The zero-order chi connectivity index (χ0) is 21.2. The number of ether oxygens (including phenoxy) is 1. The van der Waals surface area contributed by atoms with E-state index in [1.54, 1.807) is 13.0 Å². The van der Waals surface area contributed by atoms with E-state index in [4.69, 9.17) is 16.3 Å². The Morgan fingerprint density at radius 2 is 1.93 bits per heavy atom. The van der Waals surface area contributed by atoms with Gasteiger partial charge in [0.15, 0.2) is 12.4 Å². The van der Waals surface area contributed by atoms with E-state index in [1.165, 1.54) is 33.5 Å². The number of aryl methyl sites for hydroxylation is 1. The lowest BCUT2D eigenvalue weighted by Crippen LogP contribution is -2.51. The number of sulfonamides is 1. The van der Waals surface area contributed by atoms with Crippen LogP contribution in [0.25, 0.3) is 0 Å². The zero-order valence-electron chi connectivity index (χ0n) is 15.4. The SMILES string of the molecule is Cc1ccc([N+](=O)[O-])c(OCC(=O)N2CCN(S(=O)(=O)c3ccc(Cl)s3)CC2)c1. The highest BCUT2D eigenvalue weighted by Crippen LogP contribution is 2.29. The van der Waals surface area contributed by atoms with E-state index in [2.05, 4.69) is 0 Å². The number of carbonyl (C=O) groups excluding carboxylic acids is 1. The third-order valence-corrected chi connectivity index (χ3v) is 7.99. The Morgan fingerprint density at radius 3 is 2.52 bits per heavy atom. The van der Waals surface area contributed by atoms with Crippen LogP contribution in [0, 0.1) is 17.0 Å². The molecule has 0 radical (unpaired) electrons. The van der Waals surface area contributed by atoms with Gasteiger partial charge in [0.2, 0.25) is 0 Å². The number of nitro benzene ring substituents is 1. The Labute approximate surface area is 176 Å². The molecule has 29 heavy (non-hydrogen) atoms. The fourth-order valence-electron chi connectivity index (χ4n) is 2.86. The lowest BCUT2D eigenvalue weighted by Gasteiger charge is -2.33. The molecule has 0 bridgehead atoms. The summed E-state index contributed by atoms with van der Waals surface area (Å²) in [6.45, 7) is 2.10. The van der Waals surface area contributed by atoms with Gasteiger partial charge in [-0.25, -0.2) is 8.42 Å². The van der Waals surface area contributed by atoms with Crippen molar-refractivity contribution in [1.29, 1.82) is 0 Å². The van der Waals surface area contributed by atoms with Crippen LogP contribution in [0.1, 0.15) is 5.56 Å². The first-order chi connectivity index (χ1) is 13.7. The molecule has 0 atom stereocenters. The number of carbonyl (C=O) groups is 1.